The molecule has 6 heteroatoms. The van der Waals surface area contributed by atoms with Crippen LogP contribution in [0.15, 0.2) is 36.4 Å². The lowest BCUT2D eigenvalue weighted by atomic mass is 9.84. The molecule has 0 saturated carbocycles. The maximum absolute atomic E-state index is 13.2. The standard InChI is InChI=1S/C26H34N2O4/c1-16-8-9-17(2)22(18(16)3)32-15-21(29)14-28-23(30)26(7,27-24(28)31)20-12-10-19(11-13-20)25(4,5)6/h8-13,21,29H,14-15H2,1-7H3,(H,27,31)/t21-,26-/m1/s1. The number of hydrogen-bond donors (Lipinski definition) is 2. The second-order valence-corrected chi connectivity index (χ2v) is 9.92. The van der Waals surface area contributed by atoms with E-state index >= 15 is 0 Å². The number of hydrogen-bond acceptors (Lipinski definition) is 4. The van der Waals surface area contributed by atoms with Crippen LogP contribution in [0.4, 0.5) is 4.79 Å². The Balaban J connectivity index is 1.70. The Hall–Kier alpha value is -2.86. The summed E-state index contributed by atoms with van der Waals surface area (Å²) in [7, 11) is 0. The quantitative estimate of drug-likeness (QED) is 0.665. The largest absolute Gasteiger partial charge is 0.490 e. The van der Waals surface area contributed by atoms with Gasteiger partial charge in [-0.3, -0.25) is 9.69 Å². The van der Waals surface area contributed by atoms with Gasteiger partial charge in [0.2, 0.25) is 0 Å². The first-order chi connectivity index (χ1) is 14.8. The number of rotatable bonds is 6. The number of aliphatic hydroxyl groups is 1. The minimum atomic E-state index is -1.17. The molecule has 2 N–H and O–H groups in total. The fourth-order valence-electron chi connectivity index (χ4n) is 3.95. The van der Waals surface area contributed by atoms with Crippen LogP contribution in [0.3, 0.4) is 0 Å². The third-order valence-corrected chi connectivity index (χ3v) is 6.29. The number of carbonyl (C=O) groups excluding carboxylic acids is 2. The predicted molar refractivity (Wildman–Crippen MR) is 125 cm³/mol. The van der Waals surface area contributed by atoms with Crippen molar-refractivity contribution in [3.63, 3.8) is 0 Å². The molecule has 2 aromatic carbocycles. The molecule has 1 saturated heterocycles. The van der Waals surface area contributed by atoms with E-state index in [1.807, 2.05) is 57.2 Å². The Morgan fingerprint density at radius 3 is 2.22 bits per heavy atom. The Morgan fingerprint density at radius 2 is 1.62 bits per heavy atom. The van der Waals surface area contributed by atoms with Crippen LogP contribution in [-0.4, -0.2) is 41.2 Å². The number of nitrogens with zero attached hydrogens (tertiary/aromatic N) is 1. The van der Waals surface area contributed by atoms with Crippen LogP contribution in [0.25, 0.3) is 0 Å². The molecule has 0 spiro atoms. The van der Waals surface area contributed by atoms with Gasteiger partial charge < -0.3 is 15.2 Å². The maximum Gasteiger partial charge on any atom is 0.325 e. The van der Waals surface area contributed by atoms with Crippen molar-refractivity contribution < 1.29 is 19.4 Å². The lowest BCUT2D eigenvalue weighted by Gasteiger charge is -2.25. The summed E-state index contributed by atoms with van der Waals surface area (Å²) in [6.07, 6.45) is -1.00. The molecule has 32 heavy (non-hydrogen) atoms. The number of aliphatic hydroxyl groups excluding tert-OH is 1. The van der Waals surface area contributed by atoms with Crippen molar-refractivity contribution in [3.05, 3.63) is 64.2 Å². The van der Waals surface area contributed by atoms with Gasteiger partial charge in [-0.05, 0) is 60.9 Å². The molecule has 3 amide bonds. The fourth-order valence-corrected chi connectivity index (χ4v) is 3.95. The summed E-state index contributed by atoms with van der Waals surface area (Å²) in [5, 5.41) is 13.3. The zero-order valence-electron chi connectivity index (χ0n) is 20.1. The third-order valence-electron chi connectivity index (χ3n) is 6.29. The molecular weight excluding hydrogens is 404 g/mol. The van der Waals surface area contributed by atoms with E-state index < -0.39 is 17.7 Å². The molecule has 1 aliphatic rings. The number of amides is 3. The van der Waals surface area contributed by atoms with E-state index in [1.54, 1.807) is 6.92 Å². The zero-order chi connectivity index (χ0) is 23.8. The van der Waals surface area contributed by atoms with E-state index in [4.69, 9.17) is 4.74 Å². The molecule has 2 atom stereocenters. The zero-order valence-corrected chi connectivity index (χ0v) is 20.1. The lowest BCUT2D eigenvalue weighted by Crippen LogP contribution is -2.42. The normalized spacial score (nSPS) is 19.8. The summed E-state index contributed by atoms with van der Waals surface area (Å²) in [6.45, 7) is 13.8. The molecule has 2 aromatic rings. The van der Waals surface area contributed by atoms with Gasteiger partial charge in [0, 0.05) is 0 Å². The minimum absolute atomic E-state index is 0.00743. The van der Waals surface area contributed by atoms with E-state index in [-0.39, 0.29) is 24.5 Å². The highest BCUT2D eigenvalue weighted by atomic mass is 16.5. The highest BCUT2D eigenvalue weighted by Gasteiger charge is 2.49. The number of aryl methyl sites for hydroxylation is 2. The van der Waals surface area contributed by atoms with Gasteiger partial charge in [-0.2, -0.15) is 0 Å². The molecule has 172 valence electrons. The average molecular weight is 439 g/mol. The molecule has 1 fully saturated rings. The molecule has 0 bridgehead atoms. The molecule has 1 heterocycles. The molecular formula is C26H34N2O4. The average Bonchev–Trinajstić information content (AvgIpc) is 2.94. The highest BCUT2D eigenvalue weighted by molar-refractivity contribution is 6.07. The number of benzene rings is 2. The van der Waals surface area contributed by atoms with Crippen molar-refractivity contribution in [3.8, 4) is 5.75 Å². The van der Waals surface area contributed by atoms with Crippen molar-refractivity contribution in [1.82, 2.24) is 10.2 Å². The van der Waals surface area contributed by atoms with Crippen LogP contribution < -0.4 is 10.1 Å². The summed E-state index contributed by atoms with van der Waals surface area (Å²) in [6, 6.07) is 11.2. The van der Waals surface area contributed by atoms with E-state index in [0.717, 1.165) is 32.9 Å². The summed E-state index contributed by atoms with van der Waals surface area (Å²) in [5.74, 6) is 0.345. The summed E-state index contributed by atoms with van der Waals surface area (Å²) in [5.41, 5.74) is 3.77. The number of nitrogens with one attached hydrogen (secondary N) is 1. The summed E-state index contributed by atoms with van der Waals surface area (Å²) in [4.78, 5) is 26.8. The van der Waals surface area contributed by atoms with Crippen LogP contribution in [-0.2, 0) is 15.7 Å². The number of carbonyl (C=O) groups is 2. The first-order valence-corrected chi connectivity index (χ1v) is 11.0. The summed E-state index contributed by atoms with van der Waals surface area (Å²) >= 11 is 0. The third kappa shape index (κ3) is 4.51. The Labute approximate surface area is 190 Å². The number of urea groups is 1. The molecule has 0 radical (unpaired) electrons. The van der Waals surface area contributed by atoms with Crippen molar-refractivity contribution in [2.24, 2.45) is 0 Å². The van der Waals surface area contributed by atoms with Gasteiger partial charge in [-0.25, -0.2) is 4.79 Å². The highest BCUT2D eigenvalue weighted by Crippen LogP contribution is 2.31. The fraction of sp³-hybridized carbons (Fsp3) is 0.462. The predicted octanol–water partition coefficient (Wildman–Crippen LogP) is 4.12. The van der Waals surface area contributed by atoms with Gasteiger partial charge >= 0.3 is 6.03 Å². The van der Waals surface area contributed by atoms with Crippen LogP contribution in [0, 0.1) is 20.8 Å². The van der Waals surface area contributed by atoms with E-state index in [0.29, 0.717) is 5.56 Å². The Morgan fingerprint density at radius 1 is 1.03 bits per heavy atom. The van der Waals surface area contributed by atoms with Crippen molar-refractivity contribution in [2.75, 3.05) is 13.2 Å². The number of ether oxygens (including phenoxy) is 1. The Bertz CT molecular complexity index is 1020. The van der Waals surface area contributed by atoms with Crippen LogP contribution >= 0.6 is 0 Å². The maximum atomic E-state index is 13.2. The number of β-amino-alcohol motifs (C(OH)–C–C–N with tert-alkyl or cyclic N) is 1. The second kappa shape index (κ2) is 8.58. The van der Waals surface area contributed by atoms with Gasteiger partial charge in [0.05, 0.1) is 6.54 Å². The van der Waals surface area contributed by atoms with E-state index in [2.05, 4.69) is 26.1 Å². The first-order valence-electron chi connectivity index (χ1n) is 11.0. The van der Waals surface area contributed by atoms with Crippen LogP contribution in [0.1, 0.15) is 55.5 Å². The SMILES string of the molecule is Cc1ccc(C)c(OC[C@H](O)CN2C(=O)N[C@](C)(c3ccc(C(C)(C)C)cc3)C2=O)c1C. The van der Waals surface area contributed by atoms with Crippen molar-refractivity contribution in [1.29, 1.82) is 0 Å². The molecule has 1 aliphatic heterocycles. The molecule has 0 unspecified atom stereocenters. The second-order valence-electron chi connectivity index (χ2n) is 9.92. The van der Waals surface area contributed by atoms with Gasteiger partial charge in [0.1, 0.15) is 24.0 Å². The van der Waals surface area contributed by atoms with Crippen molar-refractivity contribution >= 4 is 11.9 Å². The van der Waals surface area contributed by atoms with E-state index in [9.17, 15) is 14.7 Å². The van der Waals surface area contributed by atoms with Gasteiger partial charge in [-0.1, -0.05) is 57.2 Å². The van der Waals surface area contributed by atoms with Crippen LogP contribution in [0.5, 0.6) is 5.75 Å². The summed E-state index contributed by atoms with van der Waals surface area (Å²) < 4.78 is 5.85. The minimum Gasteiger partial charge on any atom is -0.490 e. The van der Waals surface area contributed by atoms with Gasteiger partial charge in [-0.15, -0.1) is 0 Å². The molecule has 0 aliphatic carbocycles. The van der Waals surface area contributed by atoms with Gasteiger partial charge in [0.25, 0.3) is 5.91 Å². The first kappa shape index (κ1) is 23.8. The van der Waals surface area contributed by atoms with Gasteiger partial charge in [0.15, 0.2) is 0 Å². The Kier molecular flexibility index (Phi) is 6.38. The number of imide groups is 1. The smallest absolute Gasteiger partial charge is 0.325 e. The molecule has 6 nitrogen and oxygen atoms in total. The topological polar surface area (TPSA) is 78.9 Å². The monoisotopic (exact) mass is 438 g/mol. The molecule has 0 aromatic heterocycles. The lowest BCUT2D eigenvalue weighted by molar-refractivity contribution is -0.132. The molecule has 3 rings (SSSR count). The van der Waals surface area contributed by atoms with Crippen molar-refractivity contribution in [2.45, 2.75) is 65.5 Å². The van der Waals surface area contributed by atoms with E-state index in [1.165, 1.54) is 0 Å². The van der Waals surface area contributed by atoms with Crippen LogP contribution in [0.2, 0.25) is 0 Å².